The smallest absolute Gasteiger partial charge is 0.357 e. The molecule has 0 aliphatic rings. The Bertz CT molecular complexity index is 632. The molecule has 0 aliphatic carbocycles. The molecule has 18 heavy (non-hydrogen) atoms. The highest BCUT2D eigenvalue weighted by Crippen LogP contribution is 2.26. The van der Waals surface area contributed by atoms with Crippen LogP contribution in [-0.4, -0.2) is 21.0 Å². The SMILES string of the molecule is Cc1ccc(-c2nc(C(=O)O)co2)cc1[N+](=O)[O-]. The minimum atomic E-state index is -1.22. The van der Waals surface area contributed by atoms with E-state index in [1.807, 2.05) is 0 Å². The fraction of sp³-hybridized carbons (Fsp3) is 0.0909. The van der Waals surface area contributed by atoms with E-state index in [1.165, 1.54) is 6.07 Å². The second-order valence-electron chi connectivity index (χ2n) is 3.60. The number of hydrogen-bond acceptors (Lipinski definition) is 5. The topological polar surface area (TPSA) is 106 Å². The van der Waals surface area contributed by atoms with E-state index < -0.39 is 10.9 Å². The molecule has 7 heteroatoms. The number of nitrogens with zero attached hydrogens (tertiary/aromatic N) is 2. The zero-order valence-corrected chi connectivity index (χ0v) is 9.28. The Balaban J connectivity index is 2.47. The molecule has 1 N–H and O–H groups in total. The van der Waals surface area contributed by atoms with Crippen molar-refractivity contribution in [2.45, 2.75) is 6.92 Å². The van der Waals surface area contributed by atoms with Gasteiger partial charge in [-0.05, 0) is 13.0 Å². The summed E-state index contributed by atoms with van der Waals surface area (Å²) >= 11 is 0. The highest BCUT2D eigenvalue weighted by molar-refractivity contribution is 5.85. The predicted octanol–water partition coefficient (Wildman–Crippen LogP) is 2.26. The fourth-order valence-electron chi connectivity index (χ4n) is 1.44. The number of carboxylic acids is 1. The number of benzene rings is 1. The first-order valence-corrected chi connectivity index (χ1v) is 4.93. The Kier molecular flexibility index (Phi) is 2.80. The fourth-order valence-corrected chi connectivity index (χ4v) is 1.44. The number of aromatic carboxylic acids is 1. The van der Waals surface area contributed by atoms with Gasteiger partial charge in [0.05, 0.1) is 4.92 Å². The molecular weight excluding hydrogens is 240 g/mol. The molecule has 7 nitrogen and oxygen atoms in total. The molecule has 0 aliphatic heterocycles. The first-order chi connectivity index (χ1) is 8.49. The minimum Gasteiger partial charge on any atom is -0.476 e. The van der Waals surface area contributed by atoms with Gasteiger partial charge in [0.25, 0.3) is 5.69 Å². The number of oxazole rings is 1. The molecule has 0 amide bonds. The van der Waals surface area contributed by atoms with Gasteiger partial charge in [0, 0.05) is 17.2 Å². The Morgan fingerprint density at radius 2 is 2.22 bits per heavy atom. The summed E-state index contributed by atoms with van der Waals surface area (Å²) in [7, 11) is 0. The molecule has 0 saturated heterocycles. The van der Waals surface area contributed by atoms with Gasteiger partial charge in [-0.3, -0.25) is 10.1 Å². The van der Waals surface area contributed by atoms with E-state index in [0.717, 1.165) is 6.26 Å². The van der Waals surface area contributed by atoms with Crippen LogP contribution < -0.4 is 0 Å². The highest BCUT2D eigenvalue weighted by atomic mass is 16.6. The monoisotopic (exact) mass is 248 g/mol. The number of carbonyl (C=O) groups is 1. The summed E-state index contributed by atoms with van der Waals surface area (Å²) in [5.74, 6) is -1.18. The Hall–Kier alpha value is -2.70. The van der Waals surface area contributed by atoms with Crippen LogP contribution in [0, 0.1) is 17.0 Å². The van der Waals surface area contributed by atoms with E-state index in [-0.39, 0.29) is 17.3 Å². The number of hydrogen-bond donors (Lipinski definition) is 1. The lowest BCUT2D eigenvalue weighted by molar-refractivity contribution is -0.385. The van der Waals surface area contributed by atoms with Crippen LogP contribution in [0.1, 0.15) is 16.1 Å². The number of rotatable bonds is 3. The van der Waals surface area contributed by atoms with Gasteiger partial charge in [0.1, 0.15) is 6.26 Å². The Morgan fingerprint density at radius 1 is 1.50 bits per heavy atom. The largest absolute Gasteiger partial charge is 0.476 e. The van der Waals surface area contributed by atoms with Crippen molar-refractivity contribution in [2.75, 3.05) is 0 Å². The second-order valence-corrected chi connectivity index (χ2v) is 3.60. The predicted molar refractivity (Wildman–Crippen MR) is 60.3 cm³/mol. The van der Waals surface area contributed by atoms with E-state index >= 15 is 0 Å². The van der Waals surface area contributed by atoms with E-state index in [9.17, 15) is 14.9 Å². The third kappa shape index (κ3) is 2.05. The van der Waals surface area contributed by atoms with Gasteiger partial charge >= 0.3 is 5.97 Å². The maximum absolute atomic E-state index is 10.8. The van der Waals surface area contributed by atoms with Gasteiger partial charge in [-0.1, -0.05) is 6.07 Å². The summed E-state index contributed by atoms with van der Waals surface area (Å²) in [6.45, 7) is 1.61. The average molecular weight is 248 g/mol. The molecule has 1 aromatic carbocycles. The third-order valence-corrected chi connectivity index (χ3v) is 2.38. The molecule has 0 atom stereocenters. The van der Waals surface area contributed by atoms with Gasteiger partial charge in [0.15, 0.2) is 5.69 Å². The first-order valence-electron chi connectivity index (χ1n) is 4.93. The van der Waals surface area contributed by atoms with Crippen LogP contribution in [0.4, 0.5) is 5.69 Å². The normalized spacial score (nSPS) is 10.3. The van der Waals surface area contributed by atoms with Gasteiger partial charge in [0.2, 0.25) is 5.89 Å². The molecular formula is C11H8N2O5. The van der Waals surface area contributed by atoms with Crippen LogP contribution >= 0.6 is 0 Å². The van der Waals surface area contributed by atoms with E-state index in [1.54, 1.807) is 19.1 Å². The van der Waals surface area contributed by atoms with Crippen molar-refractivity contribution in [1.29, 1.82) is 0 Å². The molecule has 1 heterocycles. The molecule has 0 radical (unpaired) electrons. The standard InChI is InChI=1S/C11H8N2O5/c1-6-2-3-7(4-9(6)13(16)17)10-12-8(5-18-10)11(14)15/h2-5H,1H3,(H,14,15). The summed E-state index contributed by atoms with van der Waals surface area (Å²) in [6, 6.07) is 4.44. The number of nitro benzene ring substituents is 1. The van der Waals surface area contributed by atoms with Crippen molar-refractivity contribution < 1.29 is 19.2 Å². The summed E-state index contributed by atoms with van der Waals surface area (Å²) in [4.78, 5) is 24.6. The highest BCUT2D eigenvalue weighted by Gasteiger charge is 2.16. The van der Waals surface area contributed by atoms with Crippen molar-refractivity contribution >= 4 is 11.7 Å². The second kappa shape index (κ2) is 4.28. The summed E-state index contributed by atoms with van der Waals surface area (Å²) in [5.41, 5.74) is 0.560. The molecule has 0 unspecified atom stereocenters. The van der Waals surface area contributed by atoms with Crippen molar-refractivity contribution in [1.82, 2.24) is 4.98 Å². The quantitative estimate of drug-likeness (QED) is 0.659. The lowest BCUT2D eigenvalue weighted by Gasteiger charge is -1.99. The van der Waals surface area contributed by atoms with Crippen LogP contribution in [-0.2, 0) is 0 Å². The van der Waals surface area contributed by atoms with Crippen LogP contribution in [0.2, 0.25) is 0 Å². The number of carboxylic acid groups (broad SMARTS) is 1. The van der Waals surface area contributed by atoms with E-state index in [0.29, 0.717) is 11.1 Å². The summed E-state index contributed by atoms with van der Waals surface area (Å²) in [5, 5.41) is 19.5. The van der Waals surface area contributed by atoms with Gasteiger partial charge in [-0.25, -0.2) is 9.78 Å². The summed E-state index contributed by atoms with van der Waals surface area (Å²) in [6.07, 6.45) is 0.989. The maximum atomic E-state index is 10.8. The molecule has 0 bridgehead atoms. The third-order valence-electron chi connectivity index (χ3n) is 2.38. The van der Waals surface area contributed by atoms with Crippen LogP contribution in [0.15, 0.2) is 28.9 Å². The van der Waals surface area contributed by atoms with E-state index in [4.69, 9.17) is 9.52 Å². The number of aryl methyl sites for hydroxylation is 1. The molecule has 2 aromatic rings. The van der Waals surface area contributed by atoms with Gasteiger partial charge in [-0.15, -0.1) is 0 Å². The van der Waals surface area contributed by atoms with Crippen LogP contribution in [0.5, 0.6) is 0 Å². The zero-order valence-electron chi connectivity index (χ0n) is 9.28. The Labute approximate surface area is 101 Å². The molecule has 1 aromatic heterocycles. The molecule has 0 spiro atoms. The van der Waals surface area contributed by atoms with Crippen molar-refractivity contribution in [2.24, 2.45) is 0 Å². The van der Waals surface area contributed by atoms with Crippen molar-refractivity contribution in [3.05, 3.63) is 45.8 Å². The average Bonchev–Trinajstić information content (AvgIpc) is 2.78. The lowest BCUT2D eigenvalue weighted by atomic mass is 10.1. The van der Waals surface area contributed by atoms with E-state index in [2.05, 4.69) is 4.98 Å². The van der Waals surface area contributed by atoms with Crippen molar-refractivity contribution in [3.8, 4) is 11.5 Å². The maximum Gasteiger partial charge on any atom is 0.357 e. The lowest BCUT2D eigenvalue weighted by Crippen LogP contribution is -1.96. The number of nitro groups is 1. The number of aromatic nitrogens is 1. The molecule has 0 saturated carbocycles. The van der Waals surface area contributed by atoms with Crippen LogP contribution in [0.25, 0.3) is 11.5 Å². The first kappa shape index (κ1) is 11.8. The van der Waals surface area contributed by atoms with Crippen LogP contribution in [0.3, 0.4) is 0 Å². The molecule has 0 fully saturated rings. The minimum absolute atomic E-state index is 0.0375. The van der Waals surface area contributed by atoms with Crippen molar-refractivity contribution in [3.63, 3.8) is 0 Å². The zero-order chi connectivity index (χ0) is 13.3. The van der Waals surface area contributed by atoms with Gasteiger partial charge in [-0.2, -0.15) is 0 Å². The molecule has 2 rings (SSSR count). The summed E-state index contributed by atoms with van der Waals surface area (Å²) < 4.78 is 4.97. The van der Waals surface area contributed by atoms with Gasteiger partial charge < -0.3 is 9.52 Å². The Morgan fingerprint density at radius 3 is 2.78 bits per heavy atom. The molecule has 92 valence electrons.